The van der Waals surface area contributed by atoms with Crippen LogP contribution in [-0.4, -0.2) is 23.2 Å². The highest BCUT2D eigenvalue weighted by molar-refractivity contribution is 5.81. The number of hydrogen-bond donors (Lipinski definition) is 1. The Morgan fingerprint density at radius 3 is 2.69 bits per heavy atom. The lowest BCUT2D eigenvalue weighted by molar-refractivity contribution is -0.119. The van der Waals surface area contributed by atoms with Crippen LogP contribution in [0.3, 0.4) is 0 Å². The summed E-state index contributed by atoms with van der Waals surface area (Å²) in [5.74, 6) is 1.12. The molecule has 0 bridgehead atoms. The van der Waals surface area contributed by atoms with Crippen molar-refractivity contribution < 1.29 is 4.79 Å². The zero-order valence-electron chi connectivity index (χ0n) is 10.3. The minimum atomic E-state index is -0.608. The van der Waals surface area contributed by atoms with Gasteiger partial charge in [0.25, 0.3) is 0 Å². The standard InChI is InChI=1S/C12H21N2O2/c1-8(2)10-5-4-9(3)6-12(10)13-11(15)7-14(12)16/h8-10H,4-7H2,1-3H3,(H,13,15)/q-1/t9-,10+,12?/m1/s1. The summed E-state index contributed by atoms with van der Waals surface area (Å²) < 4.78 is 0. The van der Waals surface area contributed by atoms with E-state index in [1.807, 2.05) is 0 Å². The summed E-state index contributed by atoms with van der Waals surface area (Å²) in [4.78, 5) is 11.4. The van der Waals surface area contributed by atoms with Crippen LogP contribution in [0.15, 0.2) is 0 Å². The summed E-state index contributed by atoms with van der Waals surface area (Å²) in [5, 5.41) is 16.0. The molecule has 1 heterocycles. The highest BCUT2D eigenvalue weighted by atomic mass is 16.5. The van der Waals surface area contributed by atoms with Gasteiger partial charge >= 0.3 is 0 Å². The van der Waals surface area contributed by atoms with Crippen molar-refractivity contribution in [2.24, 2.45) is 17.8 Å². The molecule has 4 nitrogen and oxygen atoms in total. The number of hydrogen-bond acceptors (Lipinski definition) is 3. The van der Waals surface area contributed by atoms with E-state index in [-0.39, 0.29) is 18.4 Å². The van der Waals surface area contributed by atoms with Gasteiger partial charge in [-0.3, -0.25) is 4.79 Å². The lowest BCUT2D eigenvalue weighted by Gasteiger charge is -2.53. The maximum atomic E-state index is 12.1. The predicted molar refractivity (Wildman–Crippen MR) is 62.3 cm³/mol. The zero-order valence-corrected chi connectivity index (χ0v) is 10.3. The average molecular weight is 225 g/mol. The van der Waals surface area contributed by atoms with E-state index in [1.165, 1.54) is 0 Å². The monoisotopic (exact) mass is 225 g/mol. The SMILES string of the molecule is CC(C)[C@@H]1CC[C@@H](C)CC12NC(=O)CN2[O-]. The summed E-state index contributed by atoms with van der Waals surface area (Å²) in [6, 6.07) is 0. The van der Waals surface area contributed by atoms with Crippen LogP contribution >= 0.6 is 0 Å². The first-order chi connectivity index (χ1) is 7.45. The van der Waals surface area contributed by atoms with Gasteiger partial charge in [-0.25, -0.2) is 0 Å². The Hall–Kier alpha value is -0.610. The van der Waals surface area contributed by atoms with Crippen molar-refractivity contribution in [2.45, 2.75) is 45.7 Å². The number of amides is 1. The Kier molecular flexibility index (Phi) is 2.97. The molecule has 1 aliphatic carbocycles. The zero-order chi connectivity index (χ0) is 11.9. The number of rotatable bonds is 1. The van der Waals surface area contributed by atoms with E-state index in [4.69, 9.17) is 0 Å². The molecule has 1 unspecified atom stereocenters. The minimum absolute atomic E-state index is 0.00986. The molecular formula is C12H21N2O2-. The van der Waals surface area contributed by atoms with Crippen LogP contribution in [0.1, 0.15) is 40.0 Å². The molecule has 1 N–H and O–H groups in total. The number of carbonyl (C=O) groups excluding carboxylic acids is 1. The first-order valence-electron chi connectivity index (χ1n) is 6.21. The van der Waals surface area contributed by atoms with E-state index >= 15 is 0 Å². The van der Waals surface area contributed by atoms with Gasteiger partial charge in [-0.05, 0) is 30.6 Å². The second-order valence-corrected chi connectivity index (χ2v) is 5.75. The third-order valence-corrected chi connectivity index (χ3v) is 4.14. The first kappa shape index (κ1) is 11.9. The molecule has 2 rings (SSSR count). The molecule has 16 heavy (non-hydrogen) atoms. The van der Waals surface area contributed by atoms with Gasteiger partial charge in [0.2, 0.25) is 5.91 Å². The Morgan fingerprint density at radius 2 is 2.19 bits per heavy atom. The lowest BCUT2D eigenvalue weighted by Crippen LogP contribution is -2.59. The van der Waals surface area contributed by atoms with Crippen LogP contribution in [0.5, 0.6) is 0 Å². The summed E-state index contributed by atoms with van der Waals surface area (Å²) in [5.41, 5.74) is -0.608. The highest BCUT2D eigenvalue weighted by Crippen LogP contribution is 2.44. The Labute approximate surface area is 97.0 Å². The fraction of sp³-hybridized carbons (Fsp3) is 0.917. The van der Waals surface area contributed by atoms with Gasteiger partial charge in [-0.2, -0.15) is 0 Å². The van der Waals surface area contributed by atoms with Gasteiger partial charge in [-0.1, -0.05) is 27.2 Å². The Bertz CT molecular complexity index is 293. The van der Waals surface area contributed by atoms with Crippen LogP contribution < -0.4 is 5.32 Å². The highest BCUT2D eigenvalue weighted by Gasteiger charge is 2.49. The van der Waals surface area contributed by atoms with Crippen LogP contribution in [0, 0.1) is 23.0 Å². The number of hydroxylamine groups is 2. The molecule has 0 radical (unpaired) electrons. The third kappa shape index (κ3) is 1.74. The van der Waals surface area contributed by atoms with Crippen molar-refractivity contribution in [3.63, 3.8) is 0 Å². The molecule has 1 spiro atoms. The normalized spacial score (nSPS) is 40.7. The minimum Gasteiger partial charge on any atom is -0.783 e. The fourth-order valence-electron chi connectivity index (χ4n) is 3.42. The van der Waals surface area contributed by atoms with Crippen molar-refractivity contribution in [2.75, 3.05) is 6.54 Å². The van der Waals surface area contributed by atoms with Crippen molar-refractivity contribution >= 4 is 5.91 Å². The molecule has 0 aromatic carbocycles. The van der Waals surface area contributed by atoms with Crippen LogP contribution in [0.25, 0.3) is 0 Å². The molecule has 0 aromatic rings. The van der Waals surface area contributed by atoms with Gasteiger partial charge in [-0.15, -0.1) is 0 Å². The molecule has 4 heteroatoms. The number of carbonyl (C=O) groups is 1. The van der Waals surface area contributed by atoms with Crippen LogP contribution in [0.2, 0.25) is 0 Å². The molecule has 0 aromatic heterocycles. The molecule has 2 fully saturated rings. The Morgan fingerprint density at radius 1 is 1.50 bits per heavy atom. The molecular weight excluding hydrogens is 204 g/mol. The summed E-state index contributed by atoms with van der Waals surface area (Å²) in [6.45, 7) is 6.45. The fourth-order valence-corrected chi connectivity index (χ4v) is 3.42. The molecule has 2 aliphatic rings. The van der Waals surface area contributed by atoms with Crippen molar-refractivity contribution in [3.8, 4) is 0 Å². The number of nitrogens with zero attached hydrogens (tertiary/aromatic N) is 1. The van der Waals surface area contributed by atoms with E-state index in [2.05, 4.69) is 26.1 Å². The van der Waals surface area contributed by atoms with Crippen LogP contribution in [-0.2, 0) is 4.79 Å². The quantitative estimate of drug-likeness (QED) is 0.739. The molecule has 1 saturated heterocycles. The van der Waals surface area contributed by atoms with Gasteiger partial charge in [0, 0.05) is 0 Å². The van der Waals surface area contributed by atoms with E-state index < -0.39 is 5.66 Å². The molecule has 3 atom stereocenters. The average Bonchev–Trinajstić information content (AvgIpc) is 2.41. The summed E-state index contributed by atoms with van der Waals surface area (Å²) in [6.07, 6.45) is 3.00. The topological polar surface area (TPSA) is 55.4 Å². The maximum Gasteiger partial charge on any atom is 0.234 e. The summed E-state index contributed by atoms with van der Waals surface area (Å²) >= 11 is 0. The van der Waals surface area contributed by atoms with E-state index in [1.54, 1.807) is 0 Å². The van der Waals surface area contributed by atoms with Crippen LogP contribution in [0.4, 0.5) is 0 Å². The van der Waals surface area contributed by atoms with Gasteiger partial charge in [0.1, 0.15) is 0 Å². The van der Waals surface area contributed by atoms with Crippen molar-refractivity contribution in [3.05, 3.63) is 5.21 Å². The van der Waals surface area contributed by atoms with Crippen molar-refractivity contribution in [1.29, 1.82) is 0 Å². The summed E-state index contributed by atoms with van der Waals surface area (Å²) in [7, 11) is 0. The largest absolute Gasteiger partial charge is 0.783 e. The van der Waals surface area contributed by atoms with Gasteiger partial charge in [0.05, 0.1) is 12.2 Å². The molecule has 92 valence electrons. The van der Waals surface area contributed by atoms with E-state index in [0.29, 0.717) is 11.8 Å². The first-order valence-corrected chi connectivity index (χ1v) is 6.21. The van der Waals surface area contributed by atoms with E-state index in [0.717, 1.165) is 24.3 Å². The second-order valence-electron chi connectivity index (χ2n) is 5.75. The molecule has 1 saturated carbocycles. The third-order valence-electron chi connectivity index (χ3n) is 4.14. The van der Waals surface area contributed by atoms with Gasteiger partial charge in [0.15, 0.2) is 0 Å². The van der Waals surface area contributed by atoms with Crippen molar-refractivity contribution in [1.82, 2.24) is 10.4 Å². The second kappa shape index (κ2) is 4.00. The Balaban J connectivity index is 2.28. The molecule has 1 amide bonds. The van der Waals surface area contributed by atoms with E-state index in [9.17, 15) is 10.0 Å². The predicted octanol–water partition coefficient (Wildman–Crippen LogP) is 1.70. The smallest absolute Gasteiger partial charge is 0.234 e. The molecule has 1 aliphatic heterocycles. The number of nitrogens with one attached hydrogen (secondary N) is 1. The van der Waals surface area contributed by atoms with Gasteiger partial charge < -0.3 is 15.6 Å². The maximum absolute atomic E-state index is 12.1. The lowest BCUT2D eigenvalue weighted by atomic mass is 9.70.